The molecule has 2 saturated heterocycles. The summed E-state index contributed by atoms with van der Waals surface area (Å²) < 4.78 is 0. The molecule has 0 unspecified atom stereocenters. The van der Waals surface area contributed by atoms with E-state index in [-0.39, 0.29) is 157 Å². The Morgan fingerprint density at radius 1 is 0.550 bits per heavy atom. The van der Waals surface area contributed by atoms with Crippen LogP contribution in [0.3, 0.4) is 0 Å². The molecule has 2 fully saturated rings. The number of carbonyl (C=O) groups is 13. The summed E-state index contributed by atoms with van der Waals surface area (Å²) in [5, 5.41) is 38.8. The monoisotopic (exact) mass is 1560 g/mol. The highest BCUT2D eigenvalue weighted by molar-refractivity contribution is 8.76. The van der Waals surface area contributed by atoms with E-state index >= 15 is 9.59 Å². The van der Waals surface area contributed by atoms with Gasteiger partial charge in [0.05, 0.1) is 19.1 Å². The van der Waals surface area contributed by atoms with Crippen LogP contribution in [0.5, 0.6) is 5.75 Å². The highest BCUT2D eigenvalue weighted by atomic mass is 33.1. The number of nitrogens with two attached hydrogens (primary N) is 9. The third kappa shape index (κ3) is 34.7. The third-order valence-electron chi connectivity index (χ3n) is 17.2. The zero-order chi connectivity index (χ0) is 80.7. The molecule has 30 N–H and O–H groups in total. The maximum Gasteiger partial charge on any atom is 0.245 e. The van der Waals surface area contributed by atoms with Crippen molar-refractivity contribution in [2.24, 2.45) is 78.4 Å². The van der Waals surface area contributed by atoms with Crippen LogP contribution in [-0.2, 0) is 75.2 Å². The van der Waals surface area contributed by atoms with Gasteiger partial charge in [-0.1, -0.05) is 91.7 Å². The van der Waals surface area contributed by atoms with E-state index in [0.717, 1.165) is 21.6 Å². The van der Waals surface area contributed by atoms with E-state index in [1.807, 2.05) is 13.8 Å². The van der Waals surface area contributed by atoms with Gasteiger partial charge in [-0.3, -0.25) is 77.3 Å². The Balaban J connectivity index is 1.70. The molecule has 40 heteroatoms. The number of phenolic OH excluding ortho intramolecular Hbond substituents is 1. The summed E-state index contributed by atoms with van der Waals surface area (Å²) in [5.74, 6) is -12.4. The van der Waals surface area contributed by atoms with Gasteiger partial charge in [0, 0.05) is 44.1 Å². The lowest BCUT2D eigenvalue weighted by atomic mass is 10.00. The summed E-state index contributed by atoms with van der Waals surface area (Å²) in [7, 11) is 1.93. The van der Waals surface area contributed by atoms with Crippen molar-refractivity contribution in [2.75, 3.05) is 57.3 Å². The first-order chi connectivity index (χ1) is 51.7. The van der Waals surface area contributed by atoms with Crippen LogP contribution < -0.4 is 110 Å². The van der Waals surface area contributed by atoms with Gasteiger partial charge in [0.1, 0.15) is 66.2 Å². The van der Waals surface area contributed by atoms with Crippen molar-refractivity contribution in [2.45, 2.75) is 190 Å². The standard InChI is InChI=1S/C69H112N24O14S2/c1-38(2)30-48(90-63(104)50(33-40-14-6-5-7-15-40)84-55(96)35-82-54(95)34-83-57(98)43(71)32-41-21-23-42(94)24-22-41)61(102)86-45(17-10-26-79-67(73)74)58(99)85-46(18-11-27-80-68(75)76)60(101)92-52-37-109-108-36-51(56(72)97)91-62(103)49(31-39(3)4)89-59(100)44(16-8-9-25-70)87-65(106)53-20-13-29-93(53)66(107)47(88-64(52)105)19-12-28-81-69(77)78/h5-7,14-15,21-24,38-39,43-53,94H,8-13,16-20,25-37,70-71H2,1-4H3,(H2,72,97)(H,82,95)(H,83,98)(H,84,96)(H,85,99)(H,86,102)(H,87,106)(H,88,105)(H,89,100)(H,90,104)(H,91,103)(H,92,101)(H4,73,74,79)(H4,75,76,80)(H4,77,78,81)/t43-,44-,45-,46-,47-,48-,49-,50-,51+,52-,53-/m0/s1. The van der Waals surface area contributed by atoms with Crippen LogP contribution in [0.4, 0.5) is 0 Å². The number of benzene rings is 2. The van der Waals surface area contributed by atoms with Gasteiger partial charge >= 0.3 is 0 Å². The fraction of sp³-hybridized carbons (Fsp3) is 0.594. The molecule has 2 aliphatic heterocycles. The van der Waals surface area contributed by atoms with Gasteiger partial charge < -0.3 is 120 Å². The number of aromatic hydroxyl groups is 1. The molecule has 13 amide bonds. The van der Waals surface area contributed by atoms with Crippen molar-refractivity contribution >= 4 is 116 Å². The molecule has 11 atom stereocenters. The zero-order valence-electron chi connectivity index (χ0n) is 62.2. The van der Waals surface area contributed by atoms with Crippen LogP contribution in [-0.4, -0.2) is 228 Å². The van der Waals surface area contributed by atoms with Crippen molar-refractivity contribution in [3.63, 3.8) is 0 Å². The van der Waals surface area contributed by atoms with Crippen molar-refractivity contribution in [3.05, 3.63) is 65.7 Å². The average Bonchev–Trinajstić information content (AvgIpc) is 1.53. The minimum atomic E-state index is -1.58. The fourth-order valence-corrected chi connectivity index (χ4v) is 13.9. The number of nitrogens with zero attached hydrogens (tertiary/aromatic N) is 4. The van der Waals surface area contributed by atoms with Gasteiger partial charge in [-0.05, 0) is 132 Å². The summed E-state index contributed by atoms with van der Waals surface area (Å²) in [4.78, 5) is 198. The van der Waals surface area contributed by atoms with Gasteiger partial charge in [-0.2, -0.15) is 0 Å². The van der Waals surface area contributed by atoms with E-state index in [1.54, 1.807) is 56.3 Å². The topological polar surface area (TPSA) is 649 Å². The molecule has 604 valence electrons. The number of hydrogen-bond acceptors (Lipinski definition) is 21. The van der Waals surface area contributed by atoms with Gasteiger partial charge in [-0.25, -0.2) is 0 Å². The number of primary amides is 1. The molecule has 2 heterocycles. The number of aliphatic imine (C=N–C) groups is 3. The van der Waals surface area contributed by atoms with Crippen molar-refractivity contribution in [1.29, 1.82) is 0 Å². The molecule has 0 bridgehead atoms. The number of amides is 13. The van der Waals surface area contributed by atoms with E-state index in [0.29, 0.717) is 30.4 Å². The molecule has 2 aromatic carbocycles. The maximum atomic E-state index is 15.1. The quantitative estimate of drug-likeness (QED) is 0.0128. The molecular weight excluding hydrogens is 1450 g/mol. The maximum absolute atomic E-state index is 15.1. The Kier molecular flexibility index (Phi) is 40.4. The predicted molar refractivity (Wildman–Crippen MR) is 414 cm³/mol. The molecule has 2 aromatic rings. The Morgan fingerprint density at radius 2 is 1.08 bits per heavy atom. The van der Waals surface area contributed by atoms with Crippen LogP contribution >= 0.6 is 21.6 Å². The van der Waals surface area contributed by atoms with E-state index in [4.69, 9.17) is 51.6 Å². The van der Waals surface area contributed by atoms with E-state index in [9.17, 15) is 57.8 Å². The zero-order valence-corrected chi connectivity index (χ0v) is 63.9. The molecule has 0 aliphatic carbocycles. The average molecular weight is 1570 g/mol. The Bertz CT molecular complexity index is 3450. The highest BCUT2D eigenvalue weighted by Crippen LogP contribution is 2.25. The minimum absolute atomic E-state index is 0.00538. The van der Waals surface area contributed by atoms with Gasteiger partial charge in [0.15, 0.2) is 17.9 Å². The lowest BCUT2D eigenvalue weighted by Crippen LogP contribution is -2.61. The first kappa shape index (κ1) is 91.2. The number of fused-ring (bicyclic) bond motifs is 1. The second-order valence-electron chi connectivity index (χ2n) is 27.3. The van der Waals surface area contributed by atoms with Crippen LogP contribution in [0.15, 0.2) is 69.6 Å². The SMILES string of the molecule is CC(C)C[C@H](NC(=O)[C@H](Cc1ccccc1)NC(=O)CNC(=O)CNC(=O)[C@@H](N)Cc1ccc(O)cc1)C(=O)N[C@@H](CCCN=C(N)N)C(=O)N[C@@H](CCCN=C(N)N)C(=O)N[C@H]1CSSC[C@H](C(N)=O)NC(=O)[C@H](CC(C)C)NC(=O)[C@H](CCCCN)NC(=O)[C@@H]2CCCN2C(=O)[C@H](CCCN=C(N)N)NC1=O. The number of carbonyl (C=O) groups excluding carboxylic acids is 13. The normalized spacial score (nSPS) is 19.4. The Labute approximate surface area is 641 Å². The first-order valence-electron chi connectivity index (χ1n) is 36.3. The van der Waals surface area contributed by atoms with E-state index in [2.05, 4.69) is 73.5 Å². The number of unbranched alkanes of at least 4 members (excludes halogenated alkanes) is 1. The number of hydrogen-bond donors (Lipinski definition) is 21. The minimum Gasteiger partial charge on any atom is -0.508 e. The summed E-state index contributed by atoms with van der Waals surface area (Å²) in [6, 6.07) is -0.171. The second-order valence-corrected chi connectivity index (χ2v) is 29.9. The lowest BCUT2D eigenvalue weighted by Gasteiger charge is -2.31. The molecule has 0 saturated carbocycles. The number of phenols is 1. The molecule has 0 aromatic heterocycles. The van der Waals surface area contributed by atoms with Crippen LogP contribution in [0, 0.1) is 11.8 Å². The summed E-state index contributed by atoms with van der Waals surface area (Å²) in [6.07, 6.45) is 1.26. The first-order valence-corrected chi connectivity index (χ1v) is 38.8. The van der Waals surface area contributed by atoms with Gasteiger partial charge in [0.25, 0.3) is 0 Å². The largest absolute Gasteiger partial charge is 0.508 e. The smallest absolute Gasteiger partial charge is 0.245 e. The molecule has 4 rings (SSSR count). The van der Waals surface area contributed by atoms with Crippen molar-refractivity contribution < 1.29 is 67.4 Å². The second kappa shape index (κ2) is 48.2. The van der Waals surface area contributed by atoms with E-state index < -0.39 is 156 Å². The van der Waals surface area contributed by atoms with Crippen molar-refractivity contribution in [1.82, 2.24) is 63.4 Å². The third-order valence-corrected chi connectivity index (χ3v) is 19.6. The molecule has 2 aliphatic rings. The lowest BCUT2D eigenvalue weighted by molar-refractivity contribution is -0.142. The number of rotatable bonds is 39. The van der Waals surface area contributed by atoms with Crippen LogP contribution in [0.2, 0.25) is 0 Å². The molecule has 109 heavy (non-hydrogen) atoms. The van der Waals surface area contributed by atoms with Gasteiger partial charge in [0.2, 0.25) is 76.8 Å². The number of nitrogens with one attached hydrogen (secondary N) is 11. The molecule has 38 nitrogen and oxygen atoms in total. The van der Waals surface area contributed by atoms with Crippen molar-refractivity contribution in [3.8, 4) is 5.75 Å². The number of guanidine groups is 3. The molecular formula is C69H112N24O14S2. The highest BCUT2D eigenvalue weighted by Gasteiger charge is 2.41. The van der Waals surface area contributed by atoms with Crippen LogP contribution in [0.1, 0.15) is 122 Å². The molecule has 0 radical (unpaired) electrons. The van der Waals surface area contributed by atoms with Gasteiger partial charge in [-0.15, -0.1) is 0 Å². The summed E-state index contributed by atoms with van der Waals surface area (Å²) in [5.41, 5.74) is 52.8. The van der Waals surface area contributed by atoms with E-state index in [1.165, 1.54) is 17.0 Å². The van der Waals surface area contributed by atoms with Crippen LogP contribution in [0.25, 0.3) is 0 Å². The Morgan fingerprint density at radius 3 is 1.68 bits per heavy atom. The molecule has 0 spiro atoms. The summed E-state index contributed by atoms with van der Waals surface area (Å²) in [6.45, 7) is 6.20. The Hall–Kier alpha value is -10.2. The predicted octanol–water partition coefficient (Wildman–Crippen LogP) is -5.65. The summed E-state index contributed by atoms with van der Waals surface area (Å²) >= 11 is 0. The fourth-order valence-electron chi connectivity index (χ4n) is 11.6.